The molecule has 0 saturated carbocycles. The fourth-order valence-electron chi connectivity index (χ4n) is 3.21. The molecule has 4 aromatic carbocycles. The first-order valence-corrected chi connectivity index (χ1v) is 11.3. The third kappa shape index (κ3) is 8.89. The fraction of sp³-hybridized carbons (Fsp3) is 0.133. The third-order valence-electron chi connectivity index (χ3n) is 5.31. The number of phenols is 2. The van der Waals surface area contributed by atoms with E-state index in [9.17, 15) is 10.2 Å². The Bertz CT molecular complexity index is 1110. The van der Waals surface area contributed by atoms with Crippen molar-refractivity contribution >= 4 is 12.4 Å². The summed E-state index contributed by atoms with van der Waals surface area (Å²) in [5.41, 5.74) is 3.82. The van der Waals surface area contributed by atoms with Gasteiger partial charge in [-0.3, -0.25) is 9.98 Å². The molecular weight excluding hydrogens is 484 g/mol. The maximum absolute atomic E-state index is 9.60. The largest absolute Gasteiger partial charge is 0.507 e. The summed E-state index contributed by atoms with van der Waals surface area (Å²) in [7, 11) is 0. The van der Waals surface area contributed by atoms with Crippen LogP contribution in [0.3, 0.4) is 0 Å². The molecule has 0 heterocycles. The van der Waals surface area contributed by atoms with Gasteiger partial charge in [0.2, 0.25) is 0 Å². The van der Waals surface area contributed by atoms with Crippen molar-refractivity contribution in [3.05, 3.63) is 131 Å². The van der Waals surface area contributed by atoms with Gasteiger partial charge in [0.25, 0.3) is 0 Å². The summed E-state index contributed by atoms with van der Waals surface area (Å²) in [5, 5.41) is 19.2. The molecule has 183 valence electrons. The quantitative estimate of drug-likeness (QED) is 0.212. The molecule has 0 amide bonds. The summed E-state index contributed by atoms with van der Waals surface area (Å²) in [6.45, 7) is 4.07. The number of nitrogens with zero attached hydrogens (tertiary/aromatic N) is 2. The minimum absolute atomic E-state index is 0. The van der Waals surface area contributed by atoms with E-state index >= 15 is 0 Å². The number of aromatic hydroxyl groups is 2. The van der Waals surface area contributed by atoms with Crippen molar-refractivity contribution in [1.82, 2.24) is 0 Å². The second-order valence-corrected chi connectivity index (χ2v) is 7.85. The third-order valence-corrected chi connectivity index (χ3v) is 5.31. The molecule has 0 saturated heterocycles. The van der Waals surface area contributed by atoms with Crippen molar-refractivity contribution in [1.29, 1.82) is 0 Å². The van der Waals surface area contributed by atoms with E-state index in [-0.39, 0.29) is 40.7 Å². The Balaban J connectivity index is 0.000000240. The monoisotopic (exact) mass is 513 g/mol. The van der Waals surface area contributed by atoms with Gasteiger partial charge in [0.1, 0.15) is 11.5 Å². The molecule has 0 aliphatic rings. The number of benzene rings is 4. The molecule has 0 aliphatic carbocycles. The van der Waals surface area contributed by atoms with Crippen LogP contribution in [-0.2, 0) is 17.1 Å². The van der Waals surface area contributed by atoms with Crippen LogP contribution >= 0.6 is 0 Å². The molecule has 4 aromatic rings. The van der Waals surface area contributed by atoms with Crippen LogP contribution in [0.15, 0.2) is 119 Å². The first kappa shape index (κ1) is 27.6. The predicted molar refractivity (Wildman–Crippen MR) is 141 cm³/mol. The first-order chi connectivity index (χ1) is 16.5. The summed E-state index contributed by atoms with van der Waals surface area (Å²) in [4.78, 5) is 8.88. The van der Waals surface area contributed by atoms with E-state index in [1.165, 1.54) is 11.1 Å². The van der Waals surface area contributed by atoms with Gasteiger partial charge in [0, 0.05) is 40.6 Å². The summed E-state index contributed by atoms with van der Waals surface area (Å²) >= 11 is 0. The minimum Gasteiger partial charge on any atom is -0.507 e. The number of rotatable bonds is 6. The van der Waals surface area contributed by atoms with E-state index in [1.54, 1.807) is 36.7 Å². The summed E-state index contributed by atoms with van der Waals surface area (Å²) in [6.07, 6.45) is 3.43. The van der Waals surface area contributed by atoms with Crippen LogP contribution in [0, 0.1) is 0 Å². The molecule has 2 N–H and O–H groups in total. The number of aliphatic imine (C=N–C) groups is 2. The molecule has 0 bridgehead atoms. The number of para-hydroxylation sites is 2. The number of phenolic OH excluding ortho intramolecular Hbond substituents is 2. The molecule has 4 nitrogen and oxygen atoms in total. The standard InChI is InChI=1S/2C15H15NO.Cu/c2*1-12(13-7-3-2-4-8-13)16-11-14-9-5-6-10-15(14)17;/h2*2-12,17H,1H3;. The molecule has 2 atom stereocenters. The van der Waals surface area contributed by atoms with Crippen LogP contribution in [0.1, 0.15) is 48.2 Å². The Kier molecular flexibility index (Phi) is 11.5. The minimum atomic E-state index is 0. The summed E-state index contributed by atoms with van der Waals surface area (Å²) in [6, 6.07) is 34.7. The van der Waals surface area contributed by atoms with Gasteiger partial charge < -0.3 is 10.2 Å². The van der Waals surface area contributed by atoms with E-state index < -0.39 is 0 Å². The summed E-state index contributed by atoms with van der Waals surface area (Å²) < 4.78 is 0. The van der Waals surface area contributed by atoms with E-state index in [2.05, 4.69) is 9.98 Å². The van der Waals surface area contributed by atoms with E-state index in [0.717, 1.165) is 11.1 Å². The maximum Gasteiger partial charge on any atom is 0.124 e. The van der Waals surface area contributed by atoms with Crippen LogP contribution in [0.25, 0.3) is 0 Å². The summed E-state index contributed by atoms with van der Waals surface area (Å²) in [5.74, 6) is 0.521. The van der Waals surface area contributed by atoms with Gasteiger partial charge in [-0.05, 0) is 49.2 Å². The van der Waals surface area contributed by atoms with E-state index in [4.69, 9.17) is 0 Å². The molecule has 4 rings (SSSR count). The Hall–Kier alpha value is -3.66. The van der Waals surface area contributed by atoms with Gasteiger partial charge >= 0.3 is 0 Å². The van der Waals surface area contributed by atoms with Crippen molar-refractivity contribution in [2.45, 2.75) is 25.9 Å². The van der Waals surface area contributed by atoms with E-state index in [1.807, 2.05) is 98.8 Å². The smallest absolute Gasteiger partial charge is 0.124 e. The van der Waals surface area contributed by atoms with Crippen molar-refractivity contribution in [2.75, 3.05) is 0 Å². The van der Waals surface area contributed by atoms with Gasteiger partial charge in [-0.2, -0.15) is 0 Å². The molecular formula is C30H30CuN2O2. The van der Waals surface area contributed by atoms with Crippen molar-refractivity contribution < 1.29 is 27.3 Å². The Morgan fingerprint density at radius 1 is 0.514 bits per heavy atom. The topological polar surface area (TPSA) is 65.2 Å². The van der Waals surface area contributed by atoms with Crippen LogP contribution in [0.2, 0.25) is 0 Å². The molecule has 0 spiro atoms. The molecule has 0 fully saturated rings. The van der Waals surface area contributed by atoms with Crippen LogP contribution in [0.5, 0.6) is 11.5 Å². The first-order valence-electron chi connectivity index (χ1n) is 11.3. The Morgan fingerprint density at radius 2 is 0.829 bits per heavy atom. The van der Waals surface area contributed by atoms with Gasteiger partial charge in [-0.25, -0.2) is 0 Å². The number of hydrogen-bond acceptors (Lipinski definition) is 4. The zero-order chi connectivity index (χ0) is 24.2. The van der Waals surface area contributed by atoms with Gasteiger partial charge in [0.15, 0.2) is 0 Å². The molecule has 2 unspecified atom stereocenters. The Labute approximate surface area is 218 Å². The average molecular weight is 514 g/mol. The van der Waals surface area contributed by atoms with Crippen molar-refractivity contribution in [3.8, 4) is 11.5 Å². The van der Waals surface area contributed by atoms with Crippen LogP contribution < -0.4 is 0 Å². The second-order valence-electron chi connectivity index (χ2n) is 7.85. The normalized spacial score (nSPS) is 12.4. The number of hydrogen-bond donors (Lipinski definition) is 2. The molecule has 35 heavy (non-hydrogen) atoms. The van der Waals surface area contributed by atoms with Crippen molar-refractivity contribution in [3.63, 3.8) is 0 Å². The SMILES string of the molecule is CC(N=Cc1ccccc1O)c1ccccc1.CC(N=Cc1ccccc1O)c1ccccc1.[Cu]. The zero-order valence-corrected chi connectivity index (χ0v) is 20.7. The van der Waals surface area contributed by atoms with Crippen molar-refractivity contribution in [2.24, 2.45) is 9.98 Å². The fourth-order valence-corrected chi connectivity index (χ4v) is 3.21. The Morgan fingerprint density at radius 3 is 1.17 bits per heavy atom. The molecule has 0 aliphatic heterocycles. The zero-order valence-electron chi connectivity index (χ0n) is 19.8. The molecule has 5 heteroatoms. The van der Waals surface area contributed by atoms with Gasteiger partial charge in [0.05, 0.1) is 12.1 Å². The van der Waals surface area contributed by atoms with Gasteiger partial charge in [-0.1, -0.05) is 84.9 Å². The maximum atomic E-state index is 9.60. The molecule has 1 radical (unpaired) electrons. The predicted octanol–water partition coefficient (Wildman–Crippen LogP) is 7.14. The average Bonchev–Trinajstić information content (AvgIpc) is 2.89. The van der Waals surface area contributed by atoms with Crippen LogP contribution in [0.4, 0.5) is 0 Å². The van der Waals surface area contributed by atoms with Gasteiger partial charge in [-0.15, -0.1) is 0 Å². The van der Waals surface area contributed by atoms with Crippen LogP contribution in [-0.4, -0.2) is 22.6 Å². The molecule has 0 aromatic heterocycles. The van der Waals surface area contributed by atoms with E-state index in [0.29, 0.717) is 0 Å². The second kappa shape index (κ2) is 14.6.